The summed E-state index contributed by atoms with van der Waals surface area (Å²) < 4.78 is 0. The quantitative estimate of drug-likeness (QED) is 0.785. The van der Waals surface area contributed by atoms with E-state index in [1.807, 2.05) is 12.1 Å². The standard InChI is InChI=1S/C15H18N2O3/c18-13(17-15(14(19)20)6-1-2-7-15)11-3-4-12-10(9-11)5-8-16-12/h3-4,9,16H,1-2,5-8H2,(H,17,18)(H,19,20). The van der Waals surface area contributed by atoms with Gasteiger partial charge in [-0.25, -0.2) is 4.79 Å². The van der Waals surface area contributed by atoms with Crippen LogP contribution in [0.5, 0.6) is 0 Å². The molecule has 2 aliphatic rings. The summed E-state index contributed by atoms with van der Waals surface area (Å²) >= 11 is 0. The smallest absolute Gasteiger partial charge is 0.329 e. The first-order valence-electron chi connectivity index (χ1n) is 7.03. The van der Waals surface area contributed by atoms with Crippen molar-refractivity contribution in [3.05, 3.63) is 29.3 Å². The van der Waals surface area contributed by atoms with Gasteiger partial charge in [-0.1, -0.05) is 12.8 Å². The number of carbonyl (C=O) groups excluding carboxylic acids is 1. The maximum Gasteiger partial charge on any atom is 0.329 e. The first kappa shape index (κ1) is 13.0. The number of carbonyl (C=O) groups is 2. The Hall–Kier alpha value is -2.04. The number of fused-ring (bicyclic) bond motifs is 1. The van der Waals surface area contributed by atoms with Gasteiger partial charge in [-0.3, -0.25) is 4.79 Å². The van der Waals surface area contributed by atoms with Gasteiger partial charge >= 0.3 is 5.97 Å². The molecule has 1 aliphatic heterocycles. The highest BCUT2D eigenvalue weighted by Gasteiger charge is 2.42. The minimum absolute atomic E-state index is 0.288. The normalized spacial score (nSPS) is 19.2. The highest BCUT2D eigenvalue weighted by molar-refractivity contribution is 5.98. The molecular weight excluding hydrogens is 256 g/mol. The lowest BCUT2D eigenvalue weighted by atomic mass is 9.97. The summed E-state index contributed by atoms with van der Waals surface area (Å²) in [7, 11) is 0. The van der Waals surface area contributed by atoms with Crippen LogP contribution in [-0.4, -0.2) is 29.1 Å². The van der Waals surface area contributed by atoms with Crippen molar-refractivity contribution >= 4 is 17.6 Å². The van der Waals surface area contributed by atoms with Crippen LogP contribution in [-0.2, 0) is 11.2 Å². The van der Waals surface area contributed by atoms with Crippen LogP contribution in [0.4, 0.5) is 5.69 Å². The molecular formula is C15H18N2O3. The SMILES string of the molecule is O=C(NC1(C(=O)O)CCCC1)c1ccc2c(c1)CCN2. The van der Waals surface area contributed by atoms with Crippen molar-refractivity contribution in [3.8, 4) is 0 Å². The molecule has 1 aromatic carbocycles. The van der Waals surface area contributed by atoms with Gasteiger partial charge in [0.15, 0.2) is 0 Å². The fraction of sp³-hybridized carbons (Fsp3) is 0.467. The molecule has 0 radical (unpaired) electrons. The number of amides is 1. The molecule has 5 nitrogen and oxygen atoms in total. The van der Waals surface area contributed by atoms with E-state index in [1.54, 1.807) is 6.07 Å². The summed E-state index contributed by atoms with van der Waals surface area (Å²) in [6.07, 6.45) is 3.63. The van der Waals surface area contributed by atoms with Crippen LogP contribution in [0, 0.1) is 0 Å². The molecule has 0 aromatic heterocycles. The molecule has 0 atom stereocenters. The third kappa shape index (κ3) is 2.13. The molecule has 0 bridgehead atoms. The molecule has 106 valence electrons. The Morgan fingerprint density at radius 2 is 2.00 bits per heavy atom. The molecule has 3 N–H and O–H groups in total. The minimum Gasteiger partial charge on any atom is -0.480 e. The second kappa shape index (κ2) is 4.81. The highest BCUT2D eigenvalue weighted by Crippen LogP contribution is 2.30. The molecule has 1 amide bonds. The van der Waals surface area contributed by atoms with Gasteiger partial charge in [0, 0.05) is 17.8 Å². The topological polar surface area (TPSA) is 78.4 Å². The van der Waals surface area contributed by atoms with Gasteiger partial charge in [0.2, 0.25) is 0 Å². The van der Waals surface area contributed by atoms with Gasteiger partial charge < -0.3 is 15.7 Å². The Morgan fingerprint density at radius 1 is 1.25 bits per heavy atom. The maximum absolute atomic E-state index is 12.3. The molecule has 0 unspecified atom stereocenters. The summed E-state index contributed by atoms with van der Waals surface area (Å²) in [5.41, 5.74) is 1.65. The zero-order chi connectivity index (χ0) is 14.2. The van der Waals surface area contributed by atoms with Crippen molar-refractivity contribution in [3.63, 3.8) is 0 Å². The second-order valence-electron chi connectivity index (χ2n) is 5.60. The van der Waals surface area contributed by atoms with Crippen LogP contribution >= 0.6 is 0 Å². The van der Waals surface area contributed by atoms with Gasteiger partial charge in [0.25, 0.3) is 5.91 Å². The number of nitrogens with one attached hydrogen (secondary N) is 2. The fourth-order valence-corrected chi connectivity index (χ4v) is 3.11. The fourth-order valence-electron chi connectivity index (χ4n) is 3.11. The zero-order valence-corrected chi connectivity index (χ0v) is 11.2. The molecule has 1 aromatic rings. The van der Waals surface area contributed by atoms with E-state index in [1.165, 1.54) is 0 Å². The van der Waals surface area contributed by atoms with Crippen LogP contribution in [0.2, 0.25) is 0 Å². The van der Waals surface area contributed by atoms with Crippen LogP contribution in [0.25, 0.3) is 0 Å². The van der Waals surface area contributed by atoms with E-state index >= 15 is 0 Å². The summed E-state index contributed by atoms with van der Waals surface area (Å²) in [5, 5.41) is 15.4. The molecule has 0 saturated heterocycles. The number of rotatable bonds is 3. The van der Waals surface area contributed by atoms with E-state index in [0.29, 0.717) is 18.4 Å². The molecule has 1 heterocycles. The molecule has 1 fully saturated rings. The number of anilines is 1. The van der Waals surface area contributed by atoms with Crippen LogP contribution < -0.4 is 10.6 Å². The number of hydrogen-bond donors (Lipinski definition) is 3. The first-order chi connectivity index (χ1) is 9.61. The van der Waals surface area contributed by atoms with Crippen molar-refractivity contribution in [2.24, 2.45) is 0 Å². The van der Waals surface area contributed by atoms with Crippen LogP contribution in [0.15, 0.2) is 18.2 Å². The van der Waals surface area contributed by atoms with Gasteiger partial charge in [-0.15, -0.1) is 0 Å². The van der Waals surface area contributed by atoms with Gasteiger partial charge in [-0.2, -0.15) is 0 Å². The lowest BCUT2D eigenvalue weighted by Crippen LogP contribution is -2.52. The lowest BCUT2D eigenvalue weighted by molar-refractivity contribution is -0.144. The summed E-state index contributed by atoms with van der Waals surface area (Å²) in [6, 6.07) is 5.49. The van der Waals surface area contributed by atoms with Crippen molar-refractivity contribution < 1.29 is 14.7 Å². The minimum atomic E-state index is -1.08. The lowest BCUT2D eigenvalue weighted by Gasteiger charge is -2.25. The van der Waals surface area contributed by atoms with Gasteiger partial charge in [-0.05, 0) is 43.0 Å². The predicted octanol–water partition coefficient (Wildman–Crippen LogP) is 1.78. The molecule has 1 aliphatic carbocycles. The number of aliphatic carboxylic acids is 1. The number of hydrogen-bond acceptors (Lipinski definition) is 3. The Labute approximate surface area is 117 Å². The molecule has 3 rings (SSSR count). The highest BCUT2D eigenvalue weighted by atomic mass is 16.4. The molecule has 20 heavy (non-hydrogen) atoms. The Balaban J connectivity index is 1.80. The van der Waals surface area contributed by atoms with E-state index in [2.05, 4.69) is 10.6 Å². The number of carboxylic acid groups (broad SMARTS) is 1. The van der Waals surface area contributed by atoms with Crippen LogP contribution in [0.1, 0.15) is 41.6 Å². The number of benzene rings is 1. The second-order valence-corrected chi connectivity index (χ2v) is 5.60. The Bertz CT molecular complexity index is 562. The van der Waals surface area contributed by atoms with Crippen molar-refractivity contribution in [1.29, 1.82) is 0 Å². The molecule has 1 saturated carbocycles. The van der Waals surface area contributed by atoms with Crippen molar-refractivity contribution in [1.82, 2.24) is 5.32 Å². The maximum atomic E-state index is 12.3. The van der Waals surface area contributed by atoms with E-state index in [9.17, 15) is 14.7 Å². The Kier molecular flexibility index (Phi) is 3.12. The predicted molar refractivity (Wildman–Crippen MR) is 74.9 cm³/mol. The summed E-state index contributed by atoms with van der Waals surface area (Å²) in [6.45, 7) is 0.888. The van der Waals surface area contributed by atoms with E-state index < -0.39 is 11.5 Å². The third-order valence-electron chi connectivity index (χ3n) is 4.30. The third-order valence-corrected chi connectivity index (χ3v) is 4.30. The van der Waals surface area contributed by atoms with E-state index in [0.717, 1.165) is 37.1 Å². The summed E-state index contributed by atoms with van der Waals surface area (Å²) in [5.74, 6) is -1.21. The zero-order valence-electron chi connectivity index (χ0n) is 11.2. The van der Waals surface area contributed by atoms with E-state index in [-0.39, 0.29) is 5.91 Å². The van der Waals surface area contributed by atoms with E-state index in [4.69, 9.17) is 0 Å². The average molecular weight is 274 g/mol. The molecule has 5 heteroatoms. The first-order valence-corrected chi connectivity index (χ1v) is 7.03. The van der Waals surface area contributed by atoms with Gasteiger partial charge in [0.05, 0.1) is 0 Å². The van der Waals surface area contributed by atoms with Crippen molar-refractivity contribution in [2.75, 3.05) is 11.9 Å². The molecule has 0 spiro atoms. The summed E-state index contributed by atoms with van der Waals surface area (Å²) in [4.78, 5) is 23.8. The average Bonchev–Trinajstić information content (AvgIpc) is 3.06. The largest absolute Gasteiger partial charge is 0.480 e. The van der Waals surface area contributed by atoms with Gasteiger partial charge in [0.1, 0.15) is 5.54 Å². The monoisotopic (exact) mass is 274 g/mol. The van der Waals surface area contributed by atoms with Crippen molar-refractivity contribution in [2.45, 2.75) is 37.6 Å². The number of carboxylic acids is 1. The Morgan fingerprint density at radius 3 is 2.70 bits per heavy atom. The van der Waals surface area contributed by atoms with Crippen LogP contribution in [0.3, 0.4) is 0 Å².